The molecule has 0 bridgehead atoms. The molecule has 1 rings (SSSR count). The number of nitrogen functional groups attached to an aromatic ring is 1. The van der Waals surface area contributed by atoms with Crippen molar-refractivity contribution in [1.82, 2.24) is 4.98 Å². The molecular weight excluding hydrogens is 174 g/mol. The predicted octanol–water partition coefficient (Wildman–Crippen LogP) is 1.83. The van der Waals surface area contributed by atoms with Gasteiger partial charge in [0, 0.05) is 23.0 Å². The van der Waals surface area contributed by atoms with Crippen LogP contribution in [0.15, 0.2) is 29.9 Å². The zero-order valence-electron chi connectivity index (χ0n) is 6.55. The van der Waals surface area contributed by atoms with E-state index in [1.807, 2.05) is 6.07 Å². The molecule has 0 aliphatic carbocycles. The van der Waals surface area contributed by atoms with Crippen LogP contribution in [-0.4, -0.2) is 11.5 Å². The lowest BCUT2D eigenvalue weighted by molar-refractivity contribution is 1.28. The second-order valence-electron chi connectivity index (χ2n) is 2.34. The Morgan fingerprint density at radius 1 is 1.75 bits per heavy atom. The summed E-state index contributed by atoms with van der Waals surface area (Å²) >= 11 is 5.56. The van der Waals surface area contributed by atoms with Crippen molar-refractivity contribution >= 4 is 23.1 Å². The summed E-state index contributed by atoms with van der Waals surface area (Å²) in [6.45, 7) is 4.08. The van der Waals surface area contributed by atoms with Crippen LogP contribution in [0.5, 0.6) is 0 Å². The number of hydrogen-bond acceptors (Lipinski definition) is 3. The van der Waals surface area contributed by atoms with Crippen molar-refractivity contribution in [2.45, 2.75) is 0 Å². The van der Waals surface area contributed by atoms with Crippen molar-refractivity contribution < 1.29 is 0 Å². The van der Waals surface area contributed by atoms with Crippen LogP contribution in [0.2, 0.25) is 0 Å². The monoisotopic (exact) mass is 183 g/mol. The molecule has 0 amide bonds. The Morgan fingerprint density at radius 2 is 2.50 bits per heavy atom. The summed E-state index contributed by atoms with van der Waals surface area (Å²) in [6.07, 6.45) is 1.63. The third-order valence-electron chi connectivity index (χ3n) is 1.27. The van der Waals surface area contributed by atoms with Crippen LogP contribution in [0.25, 0.3) is 0 Å². The van der Waals surface area contributed by atoms with Crippen LogP contribution in [0, 0.1) is 0 Å². The van der Waals surface area contributed by atoms with Crippen LogP contribution in [0.3, 0.4) is 0 Å². The molecule has 64 valence electrons. The molecule has 3 N–H and O–H groups in total. The zero-order valence-corrected chi connectivity index (χ0v) is 7.30. The Kier molecular flexibility index (Phi) is 2.94. The molecule has 0 aliphatic rings. The van der Waals surface area contributed by atoms with Gasteiger partial charge in [0.15, 0.2) is 0 Å². The number of nitrogens with one attached hydrogen (secondary N) is 1. The molecule has 0 saturated heterocycles. The first kappa shape index (κ1) is 8.87. The average Bonchev–Trinajstić information content (AvgIpc) is 2.01. The van der Waals surface area contributed by atoms with E-state index in [0.29, 0.717) is 17.4 Å². The fourth-order valence-corrected chi connectivity index (χ4v) is 0.823. The molecule has 0 spiro atoms. The molecule has 0 saturated carbocycles. The number of nitrogens with zero attached hydrogens (tertiary/aromatic N) is 1. The fourth-order valence-electron chi connectivity index (χ4n) is 0.756. The molecule has 1 aromatic rings. The van der Waals surface area contributed by atoms with Crippen LogP contribution < -0.4 is 11.1 Å². The van der Waals surface area contributed by atoms with E-state index in [4.69, 9.17) is 17.3 Å². The summed E-state index contributed by atoms with van der Waals surface area (Å²) in [5, 5.41) is 3.59. The molecule has 0 atom stereocenters. The Hall–Kier alpha value is -1.22. The Morgan fingerprint density at radius 3 is 3.08 bits per heavy atom. The van der Waals surface area contributed by atoms with Gasteiger partial charge in [-0.15, -0.1) is 0 Å². The number of anilines is 2. The van der Waals surface area contributed by atoms with E-state index >= 15 is 0 Å². The van der Waals surface area contributed by atoms with E-state index < -0.39 is 0 Å². The standard InChI is InChI=1S/C8H10ClN3/c1-6(9)5-12-7-2-3-11-8(10)4-7/h2-4H,1,5H2,(H3,10,11,12). The number of halogens is 1. The zero-order chi connectivity index (χ0) is 8.97. The van der Waals surface area contributed by atoms with E-state index in [0.717, 1.165) is 5.69 Å². The van der Waals surface area contributed by atoms with Crippen LogP contribution in [-0.2, 0) is 0 Å². The predicted molar refractivity (Wildman–Crippen MR) is 52.1 cm³/mol. The van der Waals surface area contributed by atoms with Crippen LogP contribution >= 0.6 is 11.6 Å². The molecule has 0 fully saturated rings. The SMILES string of the molecule is C=C(Cl)CNc1ccnc(N)c1. The topological polar surface area (TPSA) is 50.9 Å². The summed E-state index contributed by atoms with van der Waals surface area (Å²) in [7, 11) is 0. The highest BCUT2D eigenvalue weighted by Gasteiger charge is 1.92. The number of nitrogens with two attached hydrogens (primary N) is 1. The van der Waals surface area contributed by atoms with E-state index in [2.05, 4.69) is 16.9 Å². The molecule has 1 heterocycles. The van der Waals surface area contributed by atoms with Crippen molar-refractivity contribution in [2.75, 3.05) is 17.6 Å². The Balaban J connectivity index is 2.57. The fraction of sp³-hybridized carbons (Fsp3) is 0.125. The van der Waals surface area contributed by atoms with E-state index in [1.54, 1.807) is 12.3 Å². The van der Waals surface area contributed by atoms with Crippen molar-refractivity contribution in [1.29, 1.82) is 0 Å². The number of pyridine rings is 1. The third kappa shape index (κ3) is 2.80. The van der Waals surface area contributed by atoms with E-state index in [1.165, 1.54) is 0 Å². The van der Waals surface area contributed by atoms with Gasteiger partial charge < -0.3 is 11.1 Å². The largest absolute Gasteiger partial charge is 0.384 e. The van der Waals surface area contributed by atoms with Crippen molar-refractivity contribution in [3.8, 4) is 0 Å². The maximum Gasteiger partial charge on any atom is 0.125 e. The van der Waals surface area contributed by atoms with Gasteiger partial charge in [-0.1, -0.05) is 18.2 Å². The minimum atomic E-state index is 0.486. The summed E-state index contributed by atoms with van der Waals surface area (Å²) < 4.78 is 0. The quantitative estimate of drug-likeness (QED) is 0.752. The van der Waals surface area contributed by atoms with Gasteiger partial charge in [-0.3, -0.25) is 0 Å². The number of aromatic nitrogens is 1. The summed E-state index contributed by atoms with van der Waals surface area (Å²) in [5.41, 5.74) is 6.35. The maximum atomic E-state index is 5.56. The highest BCUT2D eigenvalue weighted by Crippen LogP contribution is 2.09. The van der Waals surface area contributed by atoms with Crippen molar-refractivity contribution in [3.05, 3.63) is 29.9 Å². The lowest BCUT2D eigenvalue weighted by Gasteiger charge is -2.04. The van der Waals surface area contributed by atoms with Crippen LogP contribution in [0.4, 0.5) is 11.5 Å². The molecule has 1 aromatic heterocycles. The third-order valence-corrected chi connectivity index (χ3v) is 1.40. The van der Waals surface area contributed by atoms with Crippen molar-refractivity contribution in [3.63, 3.8) is 0 Å². The van der Waals surface area contributed by atoms with Crippen LogP contribution in [0.1, 0.15) is 0 Å². The van der Waals surface area contributed by atoms with Gasteiger partial charge in [0.25, 0.3) is 0 Å². The molecule has 0 aliphatic heterocycles. The molecule has 0 unspecified atom stereocenters. The summed E-state index contributed by atoms with van der Waals surface area (Å²) in [4.78, 5) is 3.85. The Bertz CT molecular complexity index is 285. The number of rotatable bonds is 3. The van der Waals surface area contributed by atoms with Gasteiger partial charge in [0.2, 0.25) is 0 Å². The highest BCUT2D eigenvalue weighted by molar-refractivity contribution is 6.29. The molecule has 0 radical (unpaired) electrons. The van der Waals surface area contributed by atoms with Gasteiger partial charge in [0.1, 0.15) is 5.82 Å². The molecular formula is C8H10ClN3. The molecule has 12 heavy (non-hydrogen) atoms. The van der Waals surface area contributed by atoms with Crippen molar-refractivity contribution in [2.24, 2.45) is 0 Å². The van der Waals surface area contributed by atoms with E-state index in [9.17, 15) is 0 Å². The highest BCUT2D eigenvalue weighted by atomic mass is 35.5. The smallest absolute Gasteiger partial charge is 0.125 e. The second kappa shape index (κ2) is 3.97. The van der Waals surface area contributed by atoms with Gasteiger partial charge in [-0.25, -0.2) is 4.98 Å². The van der Waals surface area contributed by atoms with E-state index in [-0.39, 0.29) is 0 Å². The number of hydrogen-bond donors (Lipinski definition) is 2. The Labute approximate surface area is 76.2 Å². The van der Waals surface area contributed by atoms with Gasteiger partial charge in [-0.05, 0) is 6.07 Å². The minimum absolute atomic E-state index is 0.486. The lowest BCUT2D eigenvalue weighted by atomic mass is 10.4. The first-order valence-electron chi connectivity index (χ1n) is 3.47. The molecule has 0 aromatic carbocycles. The lowest BCUT2D eigenvalue weighted by Crippen LogP contribution is -2.01. The normalized spacial score (nSPS) is 9.42. The molecule has 3 nitrogen and oxygen atoms in total. The van der Waals surface area contributed by atoms with Gasteiger partial charge in [0.05, 0.1) is 6.54 Å². The summed E-state index contributed by atoms with van der Waals surface area (Å²) in [5.74, 6) is 0.486. The first-order valence-corrected chi connectivity index (χ1v) is 3.85. The first-order chi connectivity index (χ1) is 5.68. The average molecular weight is 184 g/mol. The maximum absolute atomic E-state index is 5.56. The van der Waals surface area contributed by atoms with Gasteiger partial charge >= 0.3 is 0 Å². The minimum Gasteiger partial charge on any atom is -0.384 e. The second-order valence-corrected chi connectivity index (χ2v) is 2.87. The summed E-state index contributed by atoms with van der Waals surface area (Å²) in [6, 6.07) is 3.55. The van der Waals surface area contributed by atoms with Gasteiger partial charge in [-0.2, -0.15) is 0 Å². The molecule has 4 heteroatoms.